The number of hydrogen-bond donors (Lipinski definition) is 1. The van der Waals surface area contributed by atoms with Crippen LogP contribution in [0.2, 0.25) is 0 Å². The minimum Gasteiger partial charge on any atom is -0.477 e. The molecule has 0 aliphatic rings. The molecule has 5 nitrogen and oxygen atoms in total. The molecule has 16 heavy (non-hydrogen) atoms. The van der Waals surface area contributed by atoms with Gasteiger partial charge in [0.2, 0.25) is 0 Å². The number of carboxylic acid groups (broad SMARTS) is 1. The zero-order valence-electron chi connectivity index (χ0n) is 8.25. The highest BCUT2D eigenvalue weighted by Gasteiger charge is 2.06. The molecule has 0 atom stereocenters. The molecule has 2 aromatic heterocycles. The second-order valence-corrected chi connectivity index (χ2v) is 4.97. The van der Waals surface area contributed by atoms with Gasteiger partial charge >= 0.3 is 5.97 Å². The Morgan fingerprint density at radius 3 is 2.81 bits per heavy atom. The van der Waals surface area contributed by atoms with E-state index in [0.717, 1.165) is 15.1 Å². The highest BCUT2D eigenvalue weighted by Crippen LogP contribution is 2.28. The quantitative estimate of drug-likeness (QED) is 0.902. The first kappa shape index (κ1) is 11.0. The van der Waals surface area contributed by atoms with Crippen molar-refractivity contribution in [3.05, 3.63) is 29.8 Å². The summed E-state index contributed by atoms with van der Waals surface area (Å²) in [6.45, 7) is 1.83. The Balaban J connectivity index is 2.14. The first-order chi connectivity index (χ1) is 7.65. The van der Waals surface area contributed by atoms with Crippen molar-refractivity contribution in [1.29, 1.82) is 0 Å². The average molecular weight is 253 g/mol. The Labute approximate surface area is 99.7 Å². The van der Waals surface area contributed by atoms with Crippen molar-refractivity contribution in [3.63, 3.8) is 0 Å². The summed E-state index contributed by atoms with van der Waals surface area (Å²) in [6, 6.07) is 3.18. The van der Waals surface area contributed by atoms with Gasteiger partial charge in [0.15, 0.2) is 4.34 Å². The van der Waals surface area contributed by atoms with E-state index in [4.69, 9.17) is 5.11 Å². The summed E-state index contributed by atoms with van der Waals surface area (Å²) in [4.78, 5) is 19.4. The third kappa shape index (κ3) is 2.56. The molecule has 2 aromatic rings. The zero-order chi connectivity index (χ0) is 11.5. The Bertz CT molecular complexity index is 510. The van der Waals surface area contributed by atoms with Gasteiger partial charge in [-0.25, -0.2) is 14.8 Å². The van der Waals surface area contributed by atoms with E-state index < -0.39 is 5.97 Å². The molecule has 0 saturated carbocycles. The molecule has 0 aromatic carbocycles. The molecule has 0 aliphatic carbocycles. The third-order valence-corrected chi connectivity index (χ3v) is 3.49. The molecule has 2 heterocycles. The van der Waals surface area contributed by atoms with E-state index in [2.05, 4.69) is 14.3 Å². The molecule has 0 bridgehead atoms. The van der Waals surface area contributed by atoms with Crippen molar-refractivity contribution in [3.8, 4) is 0 Å². The second-order valence-electron chi connectivity index (χ2n) is 2.89. The van der Waals surface area contributed by atoms with Gasteiger partial charge in [-0.3, -0.25) is 0 Å². The van der Waals surface area contributed by atoms with Crippen molar-refractivity contribution < 1.29 is 9.90 Å². The number of hydrogen-bond acceptors (Lipinski definition) is 6. The molecular formula is C9H7N3O2S2. The maximum absolute atomic E-state index is 10.6. The van der Waals surface area contributed by atoms with E-state index in [-0.39, 0.29) is 5.69 Å². The average Bonchev–Trinajstić information content (AvgIpc) is 2.65. The van der Waals surface area contributed by atoms with E-state index in [1.807, 2.05) is 6.92 Å². The van der Waals surface area contributed by atoms with E-state index >= 15 is 0 Å². The Morgan fingerprint density at radius 2 is 2.31 bits per heavy atom. The van der Waals surface area contributed by atoms with Crippen molar-refractivity contribution in [2.24, 2.45) is 0 Å². The number of nitrogens with zero attached hydrogens (tertiary/aromatic N) is 3. The SMILES string of the molecule is Cc1nsc(Sc2ccc(C(=O)O)nc2)n1. The number of carbonyl (C=O) groups is 1. The lowest BCUT2D eigenvalue weighted by Crippen LogP contribution is -1.98. The second kappa shape index (κ2) is 4.58. The number of rotatable bonds is 3. The van der Waals surface area contributed by atoms with Gasteiger partial charge in [-0.2, -0.15) is 4.37 Å². The molecule has 0 fully saturated rings. The summed E-state index contributed by atoms with van der Waals surface area (Å²) < 4.78 is 4.88. The fraction of sp³-hybridized carbons (Fsp3) is 0.111. The topological polar surface area (TPSA) is 76.0 Å². The number of aromatic carboxylic acids is 1. The van der Waals surface area contributed by atoms with Gasteiger partial charge in [0.25, 0.3) is 0 Å². The Kier molecular flexibility index (Phi) is 3.16. The van der Waals surface area contributed by atoms with Crippen LogP contribution in [0.1, 0.15) is 16.3 Å². The maximum atomic E-state index is 10.6. The molecule has 0 saturated heterocycles. The van der Waals surface area contributed by atoms with Gasteiger partial charge in [0.1, 0.15) is 11.5 Å². The minimum atomic E-state index is -1.02. The van der Waals surface area contributed by atoms with Crippen LogP contribution in [0.15, 0.2) is 27.6 Å². The van der Waals surface area contributed by atoms with E-state index in [1.54, 1.807) is 6.07 Å². The third-order valence-electron chi connectivity index (χ3n) is 1.67. The van der Waals surface area contributed by atoms with Gasteiger partial charge in [-0.05, 0) is 30.6 Å². The number of aromatic nitrogens is 3. The summed E-state index contributed by atoms with van der Waals surface area (Å²) in [5, 5.41) is 8.68. The first-order valence-electron chi connectivity index (χ1n) is 4.32. The molecule has 0 aliphatic heterocycles. The van der Waals surface area contributed by atoms with Crippen LogP contribution in [0.25, 0.3) is 0 Å². The largest absolute Gasteiger partial charge is 0.477 e. The van der Waals surface area contributed by atoms with Gasteiger partial charge < -0.3 is 5.11 Å². The van der Waals surface area contributed by atoms with Crippen molar-refractivity contribution in [2.45, 2.75) is 16.2 Å². The standard InChI is InChI=1S/C9H7N3O2S2/c1-5-11-9(16-12-5)15-6-2-3-7(8(13)14)10-4-6/h2-4H,1H3,(H,13,14). The Morgan fingerprint density at radius 1 is 1.50 bits per heavy atom. The first-order valence-corrected chi connectivity index (χ1v) is 5.91. The van der Waals surface area contributed by atoms with E-state index in [9.17, 15) is 4.79 Å². The number of carboxylic acids is 1. The smallest absolute Gasteiger partial charge is 0.354 e. The predicted molar refractivity (Wildman–Crippen MR) is 60.0 cm³/mol. The van der Waals surface area contributed by atoms with Crippen LogP contribution in [0.4, 0.5) is 0 Å². The van der Waals surface area contributed by atoms with Crippen LogP contribution in [0, 0.1) is 6.92 Å². The molecular weight excluding hydrogens is 246 g/mol. The molecule has 82 valence electrons. The summed E-state index contributed by atoms with van der Waals surface area (Å²) >= 11 is 2.73. The maximum Gasteiger partial charge on any atom is 0.354 e. The minimum absolute atomic E-state index is 0.0396. The van der Waals surface area contributed by atoms with E-state index in [0.29, 0.717) is 0 Å². The van der Waals surface area contributed by atoms with E-state index in [1.165, 1.54) is 35.6 Å². The molecule has 0 spiro atoms. The lowest BCUT2D eigenvalue weighted by atomic mass is 10.4. The lowest BCUT2D eigenvalue weighted by Gasteiger charge is -1.97. The summed E-state index contributed by atoms with van der Waals surface area (Å²) in [5.41, 5.74) is 0.0396. The molecule has 0 amide bonds. The Hall–Kier alpha value is -1.47. The lowest BCUT2D eigenvalue weighted by molar-refractivity contribution is 0.0690. The normalized spacial score (nSPS) is 10.3. The summed E-state index contributed by atoms with van der Waals surface area (Å²) in [5.74, 6) is -0.286. The highest BCUT2D eigenvalue weighted by atomic mass is 32.2. The highest BCUT2D eigenvalue weighted by molar-refractivity contribution is 8.01. The fourth-order valence-corrected chi connectivity index (χ4v) is 2.58. The van der Waals surface area contributed by atoms with Crippen molar-refractivity contribution in [2.75, 3.05) is 0 Å². The van der Waals surface area contributed by atoms with Gasteiger partial charge in [-0.15, -0.1) is 0 Å². The van der Waals surface area contributed by atoms with Crippen LogP contribution < -0.4 is 0 Å². The van der Waals surface area contributed by atoms with Gasteiger partial charge in [0, 0.05) is 11.1 Å². The van der Waals surface area contributed by atoms with Crippen LogP contribution in [-0.2, 0) is 0 Å². The van der Waals surface area contributed by atoms with Crippen LogP contribution in [-0.4, -0.2) is 25.4 Å². The van der Waals surface area contributed by atoms with Crippen molar-refractivity contribution in [1.82, 2.24) is 14.3 Å². The summed E-state index contributed by atoms with van der Waals surface area (Å²) in [7, 11) is 0. The predicted octanol–water partition coefficient (Wildman–Crippen LogP) is 2.09. The molecule has 2 rings (SSSR count). The van der Waals surface area contributed by atoms with Crippen LogP contribution in [0.5, 0.6) is 0 Å². The van der Waals surface area contributed by atoms with Gasteiger partial charge in [0.05, 0.1) is 0 Å². The molecule has 0 radical (unpaired) electrons. The summed E-state index contributed by atoms with van der Waals surface area (Å²) in [6.07, 6.45) is 1.52. The molecule has 7 heteroatoms. The monoisotopic (exact) mass is 253 g/mol. The molecule has 0 unspecified atom stereocenters. The molecule has 1 N–H and O–H groups in total. The van der Waals surface area contributed by atoms with Crippen LogP contribution >= 0.6 is 23.3 Å². The van der Waals surface area contributed by atoms with Crippen LogP contribution in [0.3, 0.4) is 0 Å². The number of aryl methyl sites for hydroxylation is 1. The van der Waals surface area contributed by atoms with Crippen molar-refractivity contribution >= 4 is 29.3 Å². The fourth-order valence-electron chi connectivity index (χ4n) is 0.987. The number of pyridine rings is 1. The van der Waals surface area contributed by atoms with Gasteiger partial charge in [-0.1, -0.05) is 11.8 Å². The zero-order valence-corrected chi connectivity index (χ0v) is 9.88.